The smallest absolute Gasteiger partial charge is 0.0599 e. The number of nitrogens with zero attached hydrogens (tertiary/aromatic N) is 1. The molecule has 3 atom stereocenters. The number of hydrogen-bond donors (Lipinski definition) is 2. The molecule has 0 amide bonds. The topological polar surface area (TPSA) is 49.5 Å². The van der Waals surface area contributed by atoms with Gasteiger partial charge in [-0.1, -0.05) is 19.3 Å². The van der Waals surface area contributed by atoms with Crippen LogP contribution < -0.4 is 5.73 Å². The largest absolute Gasteiger partial charge is 0.395 e. The van der Waals surface area contributed by atoms with Gasteiger partial charge >= 0.3 is 0 Å². The van der Waals surface area contributed by atoms with Gasteiger partial charge in [0.2, 0.25) is 0 Å². The zero-order chi connectivity index (χ0) is 10.7. The molecule has 2 rings (SSSR count). The Kier molecular flexibility index (Phi) is 4.00. The standard InChI is InChI=1S/C12H24N2O/c13-7-12(9-15)14-6-5-10-3-1-2-4-11(10)8-14/h10-12,15H,1-9,13H2. The molecule has 0 aromatic carbocycles. The SMILES string of the molecule is NCC(CO)N1CCC2CCCCC2C1. The van der Waals surface area contributed by atoms with Gasteiger partial charge in [0.25, 0.3) is 0 Å². The van der Waals surface area contributed by atoms with Gasteiger partial charge in [-0.3, -0.25) is 4.90 Å². The van der Waals surface area contributed by atoms with E-state index in [-0.39, 0.29) is 12.6 Å². The lowest BCUT2D eigenvalue weighted by Gasteiger charge is -2.43. The van der Waals surface area contributed by atoms with Crippen LogP contribution in [0.2, 0.25) is 0 Å². The molecule has 3 nitrogen and oxygen atoms in total. The number of fused-ring (bicyclic) bond motifs is 1. The van der Waals surface area contributed by atoms with E-state index < -0.39 is 0 Å². The van der Waals surface area contributed by atoms with Crippen molar-refractivity contribution in [1.82, 2.24) is 4.90 Å². The second-order valence-electron chi connectivity index (χ2n) is 5.16. The van der Waals surface area contributed by atoms with Gasteiger partial charge in [-0.15, -0.1) is 0 Å². The summed E-state index contributed by atoms with van der Waals surface area (Å²) >= 11 is 0. The second-order valence-corrected chi connectivity index (χ2v) is 5.16. The second kappa shape index (κ2) is 5.28. The molecular weight excluding hydrogens is 188 g/mol. The monoisotopic (exact) mass is 212 g/mol. The first-order chi connectivity index (χ1) is 7.35. The highest BCUT2D eigenvalue weighted by Gasteiger charge is 2.33. The van der Waals surface area contributed by atoms with Crippen LogP contribution in [0.25, 0.3) is 0 Å². The van der Waals surface area contributed by atoms with Gasteiger partial charge in [0.1, 0.15) is 0 Å². The van der Waals surface area contributed by atoms with Crippen molar-refractivity contribution in [1.29, 1.82) is 0 Å². The molecule has 0 spiro atoms. The molecule has 3 N–H and O–H groups in total. The maximum absolute atomic E-state index is 9.25. The van der Waals surface area contributed by atoms with Crippen molar-refractivity contribution < 1.29 is 5.11 Å². The number of piperidine rings is 1. The Balaban J connectivity index is 1.90. The molecule has 0 radical (unpaired) electrons. The molecule has 1 heterocycles. The lowest BCUT2D eigenvalue weighted by Crippen LogP contribution is -2.50. The van der Waals surface area contributed by atoms with E-state index in [1.54, 1.807) is 0 Å². The van der Waals surface area contributed by atoms with Crippen LogP contribution in [-0.4, -0.2) is 42.3 Å². The van der Waals surface area contributed by atoms with Crippen molar-refractivity contribution in [2.24, 2.45) is 17.6 Å². The first-order valence-electron chi connectivity index (χ1n) is 6.40. The van der Waals surface area contributed by atoms with E-state index in [1.165, 1.54) is 38.6 Å². The number of nitrogens with two attached hydrogens (primary N) is 1. The first-order valence-corrected chi connectivity index (χ1v) is 6.40. The molecule has 88 valence electrons. The molecule has 1 aliphatic carbocycles. The van der Waals surface area contributed by atoms with Gasteiger partial charge < -0.3 is 10.8 Å². The van der Waals surface area contributed by atoms with Gasteiger partial charge in [0.05, 0.1) is 6.61 Å². The molecule has 1 saturated heterocycles. The number of likely N-dealkylation sites (tertiary alicyclic amines) is 1. The minimum atomic E-state index is 0.202. The van der Waals surface area contributed by atoms with E-state index in [2.05, 4.69) is 4.90 Å². The third-order valence-electron chi connectivity index (χ3n) is 4.32. The molecule has 0 aromatic heterocycles. The van der Waals surface area contributed by atoms with E-state index in [0.717, 1.165) is 18.4 Å². The fourth-order valence-electron chi connectivity index (χ4n) is 3.30. The highest BCUT2D eigenvalue weighted by Crippen LogP contribution is 2.36. The maximum Gasteiger partial charge on any atom is 0.0599 e. The minimum Gasteiger partial charge on any atom is -0.395 e. The fraction of sp³-hybridized carbons (Fsp3) is 1.00. The van der Waals surface area contributed by atoms with Crippen molar-refractivity contribution in [3.8, 4) is 0 Å². The Hall–Kier alpha value is -0.120. The van der Waals surface area contributed by atoms with Crippen LogP contribution >= 0.6 is 0 Å². The summed E-state index contributed by atoms with van der Waals surface area (Å²) in [5.41, 5.74) is 5.68. The summed E-state index contributed by atoms with van der Waals surface area (Å²) in [5, 5.41) is 9.25. The summed E-state index contributed by atoms with van der Waals surface area (Å²) in [7, 11) is 0. The lowest BCUT2D eigenvalue weighted by atomic mass is 9.75. The Morgan fingerprint density at radius 3 is 2.60 bits per heavy atom. The van der Waals surface area contributed by atoms with E-state index in [9.17, 15) is 5.11 Å². The molecule has 0 aromatic rings. The lowest BCUT2D eigenvalue weighted by molar-refractivity contribution is 0.0381. The maximum atomic E-state index is 9.25. The van der Waals surface area contributed by atoms with E-state index in [0.29, 0.717) is 6.54 Å². The van der Waals surface area contributed by atoms with Crippen LogP contribution in [0.4, 0.5) is 0 Å². The van der Waals surface area contributed by atoms with Crippen LogP contribution in [0.1, 0.15) is 32.1 Å². The fourth-order valence-corrected chi connectivity index (χ4v) is 3.30. The molecule has 0 bridgehead atoms. The molecule has 2 aliphatic rings. The van der Waals surface area contributed by atoms with Gasteiger partial charge in [-0.2, -0.15) is 0 Å². The summed E-state index contributed by atoms with van der Waals surface area (Å²) in [6.07, 6.45) is 6.99. The van der Waals surface area contributed by atoms with Crippen molar-refractivity contribution in [2.75, 3.05) is 26.2 Å². The zero-order valence-electron chi connectivity index (χ0n) is 9.57. The van der Waals surface area contributed by atoms with Crippen molar-refractivity contribution in [2.45, 2.75) is 38.1 Å². The van der Waals surface area contributed by atoms with Crippen LogP contribution in [0.5, 0.6) is 0 Å². The van der Waals surface area contributed by atoms with Gasteiger partial charge in [0, 0.05) is 19.1 Å². The molecule has 3 unspecified atom stereocenters. The Labute approximate surface area is 92.6 Å². The van der Waals surface area contributed by atoms with Crippen molar-refractivity contribution in [3.63, 3.8) is 0 Å². The van der Waals surface area contributed by atoms with Crippen LogP contribution in [0.15, 0.2) is 0 Å². The number of hydrogen-bond acceptors (Lipinski definition) is 3. The van der Waals surface area contributed by atoms with Crippen LogP contribution in [0, 0.1) is 11.8 Å². The molecule has 15 heavy (non-hydrogen) atoms. The van der Waals surface area contributed by atoms with Crippen molar-refractivity contribution in [3.05, 3.63) is 0 Å². The van der Waals surface area contributed by atoms with Gasteiger partial charge in [-0.25, -0.2) is 0 Å². The first kappa shape index (κ1) is 11.4. The van der Waals surface area contributed by atoms with Gasteiger partial charge in [-0.05, 0) is 31.2 Å². The molecule has 1 saturated carbocycles. The number of rotatable bonds is 3. The molecule has 1 aliphatic heterocycles. The Morgan fingerprint density at radius 1 is 1.20 bits per heavy atom. The van der Waals surface area contributed by atoms with Crippen LogP contribution in [0.3, 0.4) is 0 Å². The third-order valence-corrected chi connectivity index (χ3v) is 4.32. The molecule has 3 heteroatoms. The highest BCUT2D eigenvalue weighted by atomic mass is 16.3. The zero-order valence-corrected chi connectivity index (χ0v) is 9.57. The Morgan fingerprint density at radius 2 is 1.93 bits per heavy atom. The number of aliphatic hydroxyl groups excluding tert-OH is 1. The molecular formula is C12H24N2O. The average Bonchev–Trinajstić information content (AvgIpc) is 2.30. The highest BCUT2D eigenvalue weighted by molar-refractivity contribution is 4.86. The van der Waals surface area contributed by atoms with E-state index in [4.69, 9.17) is 5.73 Å². The van der Waals surface area contributed by atoms with Crippen molar-refractivity contribution >= 4 is 0 Å². The third kappa shape index (κ3) is 2.52. The minimum absolute atomic E-state index is 0.202. The summed E-state index contributed by atoms with van der Waals surface area (Å²) in [6.45, 7) is 3.12. The summed E-state index contributed by atoms with van der Waals surface area (Å²) < 4.78 is 0. The Bertz CT molecular complexity index is 194. The van der Waals surface area contributed by atoms with Crippen LogP contribution in [-0.2, 0) is 0 Å². The van der Waals surface area contributed by atoms with E-state index >= 15 is 0 Å². The number of aliphatic hydroxyl groups is 1. The molecule has 2 fully saturated rings. The average molecular weight is 212 g/mol. The summed E-state index contributed by atoms with van der Waals surface area (Å²) in [4.78, 5) is 2.41. The normalized spacial score (nSPS) is 34.8. The summed E-state index contributed by atoms with van der Waals surface area (Å²) in [6, 6.07) is 0.202. The predicted molar refractivity (Wildman–Crippen MR) is 61.6 cm³/mol. The quantitative estimate of drug-likeness (QED) is 0.728. The van der Waals surface area contributed by atoms with E-state index in [1.807, 2.05) is 0 Å². The van der Waals surface area contributed by atoms with Gasteiger partial charge in [0.15, 0.2) is 0 Å². The summed E-state index contributed by atoms with van der Waals surface area (Å²) in [5.74, 6) is 1.85. The predicted octanol–water partition coefficient (Wildman–Crippen LogP) is 0.818.